The van der Waals surface area contributed by atoms with Gasteiger partial charge in [-0.25, -0.2) is 0 Å². The zero-order chi connectivity index (χ0) is 12.4. The van der Waals surface area contributed by atoms with E-state index in [1.807, 2.05) is 0 Å². The van der Waals surface area contributed by atoms with Gasteiger partial charge < -0.3 is 15.2 Å². The number of hydrogen-bond donors (Lipinski definition) is 2. The Morgan fingerprint density at radius 2 is 2.06 bits per heavy atom. The molecule has 0 saturated heterocycles. The van der Waals surface area contributed by atoms with E-state index in [1.165, 1.54) is 24.0 Å². The monoisotopic (exact) mass is 247 g/mol. The summed E-state index contributed by atoms with van der Waals surface area (Å²) in [7, 11) is 0. The first-order valence-electron chi connectivity index (χ1n) is 6.90. The van der Waals surface area contributed by atoms with Crippen LogP contribution in [0.2, 0.25) is 0 Å². The average molecular weight is 247 g/mol. The van der Waals surface area contributed by atoms with E-state index < -0.39 is 0 Å². The molecule has 2 N–H and O–H groups in total. The number of nitrogens with one attached hydrogen (secondary N) is 1. The predicted octanol–water partition coefficient (Wildman–Crippen LogP) is 1.49. The lowest BCUT2D eigenvalue weighted by Crippen LogP contribution is -2.37. The van der Waals surface area contributed by atoms with Crippen molar-refractivity contribution in [2.24, 2.45) is 5.92 Å². The highest BCUT2D eigenvalue weighted by molar-refractivity contribution is 5.28. The Morgan fingerprint density at radius 1 is 1.28 bits per heavy atom. The first-order valence-corrected chi connectivity index (χ1v) is 6.90. The molecule has 98 valence electrons. The molecule has 0 spiro atoms. The van der Waals surface area contributed by atoms with E-state index in [1.54, 1.807) is 0 Å². The van der Waals surface area contributed by atoms with E-state index in [9.17, 15) is 5.11 Å². The zero-order valence-corrected chi connectivity index (χ0v) is 10.6. The van der Waals surface area contributed by atoms with E-state index in [0.717, 1.165) is 13.0 Å². The summed E-state index contributed by atoms with van der Waals surface area (Å²) in [4.78, 5) is 0. The molecule has 2 atom stereocenters. The van der Waals surface area contributed by atoms with Crippen molar-refractivity contribution >= 4 is 0 Å². The van der Waals surface area contributed by atoms with Crippen LogP contribution in [0.4, 0.5) is 0 Å². The van der Waals surface area contributed by atoms with Crippen LogP contribution in [-0.4, -0.2) is 30.4 Å². The molecule has 1 fully saturated rings. The fourth-order valence-electron chi connectivity index (χ4n) is 2.58. The van der Waals surface area contributed by atoms with Gasteiger partial charge in [-0.15, -0.1) is 0 Å². The maximum Gasteiger partial charge on any atom is 0.0744 e. The number of ether oxygens (including phenoxy) is 1. The van der Waals surface area contributed by atoms with Crippen LogP contribution in [0.1, 0.15) is 24.0 Å². The Bertz CT molecular complexity index is 403. The lowest BCUT2D eigenvalue weighted by atomic mass is 9.99. The van der Waals surface area contributed by atoms with Crippen LogP contribution in [0.3, 0.4) is 0 Å². The fourth-order valence-corrected chi connectivity index (χ4v) is 2.58. The smallest absolute Gasteiger partial charge is 0.0744 e. The minimum Gasteiger partial charge on any atom is -0.392 e. The van der Waals surface area contributed by atoms with Crippen molar-refractivity contribution in [1.29, 1.82) is 0 Å². The standard InChI is InChI=1S/C15H21NO2/c17-15(11-5-6-11)9-16-8-14-7-12-3-1-2-4-13(12)10-18-14/h1-4,11,14-17H,5-10H2/t14-,15?/m0/s1. The molecule has 1 aromatic carbocycles. The van der Waals surface area contributed by atoms with Crippen LogP contribution in [0.5, 0.6) is 0 Å². The minimum absolute atomic E-state index is 0.166. The van der Waals surface area contributed by atoms with Crippen molar-refractivity contribution in [2.45, 2.75) is 38.1 Å². The number of aliphatic hydroxyl groups is 1. The van der Waals surface area contributed by atoms with Gasteiger partial charge in [-0.3, -0.25) is 0 Å². The van der Waals surface area contributed by atoms with E-state index in [-0.39, 0.29) is 12.2 Å². The van der Waals surface area contributed by atoms with E-state index in [4.69, 9.17) is 4.74 Å². The molecule has 1 saturated carbocycles. The highest BCUT2D eigenvalue weighted by Crippen LogP contribution is 2.32. The summed E-state index contributed by atoms with van der Waals surface area (Å²) in [6, 6.07) is 8.47. The lowest BCUT2D eigenvalue weighted by Gasteiger charge is -2.26. The zero-order valence-electron chi connectivity index (χ0n) is 10.6. The van der Waals surface area contributed by atoms with Crippen LogP contribution in [-0.2, 0) is 17.8 Å². The predicted molar refractivity (Wildman–Crippen MR) is 70.3 cm³/mol. The summed E-state index contributed by atoms with van der Waals surface area (Å²) >= 11 is 0. The number of aliphatic hydroxyl groups excluding tert-OH is 1. The van der Waals surface area contributed by atoms with Crippen LogP contribution >= 0.6 is 0 Å². The molecule has 1 aliphatic carbocycles. The maximum absolute atomic E-state index is 9.77. The Kier molecular flexibility index (Phi) is 3.64. The van der Waals surface area contributed by atoms with Gasteiger partial charge >= 0.3 is 0 Å². The minimum atomic E-state index is -0.166. The third kappa shape index (κ3) is 2.91. The summed E-state index contributed by atoms with van der Waals surface area (Å²) in [6.07, 6.45) is 3.43. The molecule has 0 amide bonds. The van der Waals surface area contributed by atoms with Gasteiger partial charge in [0.25, 0.3) is 0 Å². The van der Waals surface area contributed by atoms with Gasteiger partial charge in [-0.1, -0.05) is 24.3 Å². The summed E-state index contributed by atoms with van der Waals surface area (Å²) < 4.78 is 5.82. The van der Waals surface area contributed by atoms with Crippen LogP contribution in [0.15, 0.2) is 24.3 Å². The second-order valence-electron chi connectivity index (χ2n) is 5.47. The molecule has 18 heavy (non-hydrogen) atoms. The van der Waals surface area contributed by atoms with Crippen molar-refractivity contribution in [3.05, 3.63) is 35.4 Å². The van der Waals surface area contributed by atoms with Gasteiger partial charge in [0, 0.05) is 19.5 Å². The Balaban J connectivity index is 1.44. The van der Waals surface area contributed by atoms with Crippen molar-refractivity contribution in [1.82, 2.24) is 5.32 Å². The molecule has 1 aliphatic heterocycles. The fraction of sp³-hybridized carbons (Fsp3) is 0.600. The quantitative estimate of drug-likeness (QED) is 0.828. The molecule has 3 heteroatoms. The maximum atomic E-state index is 9.77. The molecular weight excluding hydrogens is 226 g/mol. The number of rotatable bonds is 5. The Morgan fingerprint density at radius 3 is 2.83 bits per heavy atom. The van der Waals surface area contributed by atoms with Gasteiger partial charge in [0.1, 0.15) is 0 Å². The molecule has 1 unspecified atom stereocenters. The van der Waals surface area contributed by atoms with Crippen molar-refractivity contribution < 1.29 is 9.84 Å². The van der Waals surface area contributed by atoms with Crippen LogP contribution in [0.25, 0.3) is 0 Å². The molecule has 0 aromatic heterocycles. The Hall–Kier alpha value is -0.900. The van der Waals surface area contributed by atoms with E-state index >= 15 is 0 Å². The van der Waals surface area contributed by atoms with Crippen molar-refractivity contribution in [2.75, 3.05) is 13.1 Å². The van der Waals surface area contributed by atoms with Crippen molar-refractivity contribution in [3.8, 4) is 0 Å². The second kappa shape index (κ2) is 5.39. The highest BCUT2D eigenvalue weighted by Gasteiger charge is 2.29. The van der Waals surface area contributed by atoms with Gasteiger partial charge in [0.15, 0.2) is 0 Å². The van der Waals surface area contributed by atoms with Gasteiger partial charge in [-0.2, -0.15) is 0 Å². The molecule has 0 bridgehead atoms. The number of hydrogen-bond acceptors (Lipinski definition) is 3. The highest BCUT2D eigenvalue weighted by atomic mass is 16.5. The first kappa shape index (κ1) is 12.2. The molecule has 1 heterocycles. The summed E-state index contributed by atoms with van der Waals surface area (Å²) in [5.41, 5.74) is 2.71. The normalized spacial score (nSPS) is 24.6. The first-order chi connectivity index (χ1) is 8.83. The second-order valence-corrected chi connectivity index (χ2v) is 5.47. The van der Waals surface area contributed by atoms with E-state index in [0.29, 0.717) is 19.1 Å². The molecule has 3 rings (SSSR count). The molecular formula is C15H21NO2. The third-order valence-electron chi connectivity index (χ3n) is 3.93. The molecule has 3 nitrogen and oxygen atoms in total. The molecule has 1 aromatic rings. The van der Waals surface area contributed by atoms with E-state index in [2.05, 4.69) is 29.6 Å². The van der Waals surface area contributed by atoms with Gasteiger partial charge in [-0.05, 0) is 29.9 Å². The topological polar surface area (TPSA) is 41.5 Å². The average Bonchev–Trinajstić information content (AvgIpc) is 3.23. The van der Waals surface area contributed by atoms with Crippen molar-refractivity contribution in [3.63, 3.8) is 0 Å². The third-order valence-corrected chi connectivity index (χ3v) is 3.93. The summed E-state index contributed by atoms with van der Waals surface area (Å²) in [5, 5.41) is 13.1. The largest absolute Gasteiger partial charge is 0.392 e. The Labute approximate surface area is 108 Å². The van der Waals surface area contributed by atoms with Gasteiger partial charge in [0.2, 0.25) is 0 Å². The molecule has 2 aliphatic rings. The lowest BCUT2D eigenvalue weighted by molar-refractivity contribution is 0.0265. The summed E-state index contributed by atoms with van der Waals surface area (Å²) in [6.45, 7) is 2.25. The number of benzene rings is 1. The van der Waals surface area contributed by atoms with Crippen LogP contribution < -0.4 is 5.32 Å². The summed E-state index contributed by atoms with van der Waals surface area (Å²) in [5.74, 6) is 0.547. The van der Waals surface area contributed by atoms with Crippen LogP contribution in [0, 0.1) is 5.92 Å². The van der Waals surface area contributed by atoms with Gasteiger partial charge in [0.05, 0.1) is 18.8 Å². The SMILES string of the molecule is OC(CNC[C@@H]1Cc2ccccc2CO1)C1CC1. The molecule has 0 radical (unpaired) electrons. The number of fused-ring (bicyclic) bond motifs is 1.